The monoisotopic (exact) mass is 256 g/mol. The highest BCUT2D eigenvalue weighted by molar-refractivity contribution is 7.92. The van der Waals surface area contributed by atoms with Gasteiger partial charge in [0, 0.05) is 0 Å². The molecule has 98 valence electrons. The number of hydrogen-bond donors (Lipinski definition) is 0. The smallest absolute Gasteiger partial charge is 0.156 e. The van der Waals surface area contributed by atoms with Gasteiger partial charge in [-0.1, -0.05) is 11.1 Å². The molecule has 0 N–H and O–H groups in total. The van der Waals surface area contributed by atoms with E-state index in [0.29, 0.717) is 0 Å². The Balaban J connectivity index is 2.57. The van der Waals surface area contributed by atoms with Gasteiger partial charge in [-0.15, -0.1) is 13.2 Å². The van der Waals surface area contributed by atoms with Crippen molar-refractivity contribution in [2.24, 2.45) is 0 Å². The lowest BCUT2D eigenvalue weighted by Crippen LogP contribution is -2.23. The fourth-order valence-corrected chi connectivity index (χ4v) is 4.77. The zero-order chi connectivity index (χ0) is 13.1. The highest BCUT2D eigenvalue weighted by Gasteiger charge is 2.39. The maximum Gasteiger partial charge on any atom is 0.156 e. The molecule has 0 aromatic rings. The van der Waals surface area contributed by atoms with Crippen molar-refractivity contribution in [1.82, 2.24) is 0 Å². The van der Waals surface area contributed by atoms with Crippen molar-refractivity contribution in [3.63, 3.8) is 0 Å². The van der Waals surface area contributed by atoms with E-state index in [4.69, 9.17) is 0 Å². The molecule has 0 aromatic carbocycles. The number of hydrogen-bond acceptors (Lipinski definition) is 2. The Kier molecular flexibility index (Phi) is 4.99. The second kappa shape index (κ2) is 5.85. The van der Waals surface area contributed by atoms with E-state index in [2.05, 4.69) is 13.2 Å². The van der Waals surface area contributed by atoms with E-state index < -0.39 is 9.84 Å². The summed E-state index contributed by atoms with van der Waals surface area (Å²) < 4.78 is 24.5. The molecule has 0 saturated carbocycles. The Morgan fingerprint density at radius 1 is 1.00 bits per heavy atom. The van der Waals surface area contributed by atoms with Gasteiger partial charge in [0.2, 0.25) is 0 Å². The number of rotatable bonds is 6. The van der Waals surface area contributed by atoms with Gasteiger partial charge in [-0.2, -0.15) is 0 Å². The fourth-order valence-electron chi connectivity index (χ4n) is 2.40. The molecular weight excluding hydrogens is 232 g/mol. The molecule has 1 aliphatic heterocycles. The third-order valence-electron chi connectivity index (χ3n) is 3.53. The average molecular weight is 256 g/mol. The van der Waals surface area contributed by atoms with Gasteiger partial charge >= 0.3 is 0 Å². The van der Waals surface area contributed by atoms with Gasteiger partial charge < -0.3 is 0 Å². The van der Waals surface area contributed by atoms with Crippen molar-refractivity contribution in [1.29, 1.82) is 0 Å². The molecule has 1 heterocycles. The molecule has 2 nitrogen and oxygen atoms in total. The molecule has 0 spiro atoms. The van der Waals surface area contributed by atoms with Crippen molar-refractivity contribution in [2.75, 3.05) is 0 Å². The van der Waals surface area contributed by atoms with Crippen LogP contribution in [0.5, 0.6) is 0 Å². The molecule has 2 unspecified atom stereocenters. The quantitative estimate of drug-likeness (QED) is 0.680. The van der Waals surface area contributed by atoms with Crippen molar-refractivity contribution < 1.29 is 8.42 Å². The van der Waals surface area contributed by atoms with Gasteiger partial charge in [-0.25, -0.2) is 8.42 Å². The van der Waals surface area contributed by atoms with E-state index in [1.807, 2.05) is 13.8 Å². The van der Waals surface area contributed by atoms with Gasteiger partial charge in [-0.05, 0) is 52.4 Å². The topological polar surface area (TPSA) is 34.1 Å². The molecule has 1 aliphatic rings. The summed E-state index contributed by atoms with van der Waals surface area (Å²) in [6, 6.07) is 0. The van der Waals surface area contributed by atoms with Crippen LogP contribution in [0.25, 0.3) is 0 Å². The molecular formula is C14H24O2S. The van der Waals surface area contributed by atoms with Crippen LogP contribution in [-0.4, -0.2) is 18.9 Å². The summed E-state index contributed by atoms with van der Waals surface area (Å²) in [5.74, 6) is 0. The first-order valence-corrected chi connectivity index (χ1v) is 7.96. The molecule has 1 rings (SSSR count). The highest BCUT2D eigenvalue weighted by atomic mass is 32.2. The van der Waals surface area contributed by atoms with Gasteiger partial charge in [0.05, 0.1) is 10.5 Å². The summed E-state index contributed by atoms with van der Waals surface area (Å²) in [5.41, 5.74) is 2.15. The molecule has 0 bridgehead atoms. The van der Waals surface area contributed by atoms with E-state index in [1.165, 1.54) is 0 Å². The summed E-state index contributed by atoms with van der Waals surface area (Å²) in [7, 11) is -2.90. The van der Waals surface area contributed by atoms with E-state index in [9.17, 15) is 8.42 Å². The van der Waals surface area contributed by atoms with Crippen LogP contribution in [0.1, 0.15) is 52.4 Å². The molecule has 3 heteroatoms. The Bertz CT molecular complexity index is 360. The van der Waals surface area contributed by atoms with Gasteiger partial charge in [0.1, 0.15) is 0 Å². The molecule has 0 amide bonds. The molecule has 1 fully saturated rings. The third kappa shape index (κ3) is 3.98. The Morgan fingerprint density at radius 3 is 1.65 bits per heavy atom. The average Bonchev–Trinajstić information content (AvgIpc) is 2.47. The first-order chi connectivity index (χ1) is 7.84. The van der Waals surface area contributed by atoms with E-state index in [-0.39, 0.29) is 10.5 Å². The molecule has 0 radical (unpaired) electrons. The third-order valence-corrected chi connectivity index (χ3v) is 6.33. The largest absolute Gasteiger partial charge is 0.228 e. The van der Waals surface area contributed by atoms with E-state index in [0.717, 1.165) is 49.7 Å². The standard InChI is InChI=1S/C14H24O2S/c1-11(2)5-7-13-9-10-14(17(13,15)16)8-6-12(3)4/h13-14H,1,3,5-10H2,2,4H3. The van der Waals surface area contributed by atoms with Crippen LogP contribution < -0.4 is 0 Å². The number of allylic oxidation sites excluding steroid dienone is 2. The van der Waals surface area contributed by atoms with Crippen LogP contribution in [0.15, 0.2) is 24.3 Å². The minimum atomic E-state index is -2.90. The van der Waals surface area contributed by atoms with Crippen molar-refractivity contribution >= 4 is 9.84 Å². The minimum absolute atomic E-state index is 0.130. The lowest BCUT2D eigenvalue weighted by atomic mass is 10.0. The van der Waals surface area contributed by atoms with E-state index >= 15 is 0 Å². The minimum Gasteiger partial charge on any atom is -0.228 e. The van der Waals surface area contributed by atoms with Gasteiger partial charge in [-0.3, -0.25) is 0 Å². The van der Waals surface area contributed by atoms with Gasteiger partial charge in [0.15, 0.2) is 9.84 Å². The lowest BCUT2D eigenvalue weighted by Gasteiger charge is -2.13. The molecule has 0 aliphatic carbocycles. The first kappa shape index (κ1) is 14.5. The normalized spacial score (nSPS) is 26.9. The van der Waals surface area contributed by atoms with Crippen molar-refractivity contribution in [3.8, 4) is 0 Å². The second-order valence-corrected chi connectivity index (χ2v) is 7.91. The van der Waals surface area contributed by atoms with Crippen LogP contribution >= 0.6 is 0 Å². The fraction of sp³-hybridized carbons (Fsp3) is 0.714. The van der Waals surface area contributed by atoms with Gasteiger partial charge in [0.25, 0.3) is 0 Å². The summed E-state index contributed by atoms with van der Waals surface area (Å²) in [6.07, 6.45) is 4.82. The molecule has 2 atom stereocenters. The summed E-state index contributed by atoms with van der Waals surface area (Å²) >= 11 is 0. The highest BCUT2D eigenvalue weighted by Crippen LogP contribution is 2.33. The Hall–Kier alpha value is -0.570. The first-order valence-electron chi connectivity index (χ1n) is 6.35. The van der Waals surface area contributed by atoms with Crippen LogP contribution in [0.3, 0.4) is 0 Å². The lowest BCUT2D eigenvalue weighted by molar-refractivity contribution is 0.572. The van der Waals surface area contributed by atoms with Crippen molar-refractivity contribution in [3.05, 3.63) is 24.3 Å². The molecule has 17 heavy (non-hydrogen) atoms. The summed E-state index contributed by atoms with van der Waals surface area (Å²) in [4.78, 5) is 0. The molecule has 1 saturated heterocycles. The zero-order valence-electron chi connectivity index (χ0n) is 11.0. The Morgan fingerprint density at radius 2 is 1.35 bits per heavy atom. The zero-order valence-corrected chi connectivity index (χ0v) is 11.9. The second-order valence-electron chi connectivity index (χ2n) is 5.40. The summed E-state index contributed by atoms with van der Waals surface area (Å²) in [6.45, 7) is 11.6. The van der Waals surface area contributed by atoms with E-state index in [1.54, 1.807) is 0 Å². The SMILES string of the molecule is C=C(C)CCC1CCC(CCC(=C)C)S1(=O)=O. The van der Waals surface area contributed by atoms with Crippen LogP contribution in [0.2, 0.25) is 0 Å². The van der Waals surface area contributed by atoms with Crippen LogP contribution in [0, 0.1) is 0 Å². The summed E-state index contributed by atoms with van der Waals surface area (Å²) in [5, 5.41) is -0.261. The number of sulfone groups is 1. The maximum absolute atomic E-state index is 12.3. The Labute approximate surface area is 106 Å². The van der Waals surface area contributed by atoms with Crippen LogP contribution in [-0.2, 0) is 9.84 Å². The maximum atomic E-state index is 12.3. The molecule has 0 aromatic heterocycles. The predicted molar refractivity (Wildman–Crippen MR) is 73.8 cm³/mol. The van der Waals surface area contributed by atoms with Crippen molar-refractivity contribution in [2.45, 2.75) is 62.9 Å². The predicted octanol–water partition coefficient (Wildman–Crippen LogP) is 3.64. The van der Waals surface area contributed by atoms with Crippen LogP contribution in [0.4, 0.5) is 0 Å².